The molecule has 0 aliphatic carbocycles. The number of nitrogens with two attached hydrogens (primary N) is 1. The molecule has 6 rings (SSSR count). The third-order valence-corrected chi connectivity index (χ3v) is 10.0. The number of imidazole rings is 2. The van der Waals surface area contributed by atoms with Crippen molar-refractivity contribution in [2.45, 2.75) is 77.5 Å². The van der Waals surface area contributed by atoms with E-state index in [1.54, 1.807) is 11.1 Å². The average molecular weight is 705 g/mol. The highest BCUT2D eigenvalue weighted by atomic mass is 16.5. The summed E-state index contributed by atoms with van der Waals surface area (Å²) in [7, 11) is 1.29. The number of methoxy groups -OCH3 is 1. The van der Waals surface area contributed by atoms with Gasteiger partial charge < -0.3 is 35.6 Å². The summed E-state index contributed by atoms with van der Waals surface area (Å²) in [6, 6.07) is 14.9. The zero-order valence-electron chi connectivity index (χ0n) is 30.5. The molecule has 12 heteroatoms. The predicted octanol–water partition coefficient (Wildman–Crippen LogP) is 5.56. The molecular weight excluding hydrogens is 656 g/mol. The Kier molecular flexibility index (Phi) is 11.1. The average Bonchev–Trinajstić information content (AvgIpc) is 3.99. The van der Waals surface area contributed by atoms with Crippen LogP contribution in [0.5, 0.6) is 0 Å². The van der Waals surface area contributed by atoms with Gasteiger partial charge in [0.25, 0.3) is 0 Å². The third-order valence-electron chi connectivity index (χ3n) is 10.0. The highest BCUT2D eigenvalue weighted by molar-refractivity contribution is 5.86. The van der Waals surface area contributed by atoms with E-state index in [9.17, 15) is 14.4 Å². The zero-order chi connectivity index (χ0) is 36.9. The number of hydrogen-bond donors (Lipinski definition) is 4. The Hall–Kier alpha value is -5.41. The number of H-pyrrole nitrogens is 2. The van der Waals surface area contributed by atoms with Crippen molar-refractivity contribution in [3.05, 3.63) is 83.8 Å². The summed E-state index contributed by atoms with van der Waals surface area (Å²) in [5.41, 5.74) is 11.8. The number of ether oxygens (including phenoxy) is 1. The Bertz CT molecular complexity index is 1940. The molecule has 5 N–H and O–H groups in total. The SMILES string of the molecule is COC(=O)N[C@H](C(=O)N1CCC[C@H]1c1ncc(C#Cc2ccc(-c3ccc(-c4cnc([C@@H]5CCCN5C(=O)[C@@H](N)C(C)C)[nH]4)cc3)cc2)[nH]1)C(C)C. The van der Waals surface area contributed by atoms with E-state index < -0.39 is 18.2 Å². The van der Waals surface area contributed by atoms with Gasteiger partial charge >= 0.3 is 6.09 Å². The first kappa shape index (κ1) is 36.4. The van der Waals surface area contributed by atoms with Crippen molar-refractivity contribution in [1.29, 1.82) is 0 Å². The predicted molar refractivity (Wildman–Crippen MR) is 198 cm³/mol. The molecule has 12 nitrogen and oxygen atoms in total. The monoisotopic (exact) mass is 704 g/mol. The van der Waals surface area contributed by atoms with Crippen LogP contribution < -0.4 is 11.1 Å². The molecule has 2 aliphatic heterocycles. The molecular formula is C40H48N8O4. The summed E-state index contributed by atoms with van der Waals surface area (Å²) in [6.07, 6.45) is 6.32. The summed E-state index contributed by atoms with van der Waals surface area (Å²) in [6.45, 7) is 9.02. The van der Waals surface area contributed by atoms with E-state index >= 15 is 0 Å². The second-order valence-corrected chi connectivity index (χ2v) is 14.3. The Morgan fingerprint density at radius 2 is 1.35 bits per heavy atom. The number of likely N-dealkylation sites (tertiary alicyclic amines) is 2. The molecule has 0 radical (unpaired) electrons. The number of aromatic amines is 2. The largest absolute Gasteiger partial charge is 0.453 e. The van der Waals surface area contributed by atoms with Crippen molar-refractivity contribution in [1.82, 2.24) is 35.1 Å². The van der Waals surface area contributed by atoms with Gasteiger partial charge in [0.15, 0.2) is 0 Å². The number of aromatic nitrogens is 4. The van der Waals surface area contributed by atoms with Gasteiger partial charge in [-0.25, -0.2) is 14.8 Å². The number of nitrogens with one attached hydrogen (secondary N) is 3. The van der Waals surface area contributed by atoms with Gasteiger partial charge in [0.1, 0.15) is 23.4 Å². The fourth-order valence-corrected chi connectivity index (χ4v) is 6.93. The van der Waals surface area contributed by atoms with Crippen molar-refractivity contribution < 1.29 is 19.1 Å². The number of carbonyl (C=O) groups excluding carboxylic acids is 3. The summed E-state index contributed by atoms with van der Waals surface area (Å²) < 4.78 is 4.73. The van der Waals surface area contributed by atoms with Crippen LogP contribution in [0.1, 0.15) is 88.4 Å². The van der Waals surface area contributed by atoms with Crippen LogP contribution in [0, 0.1) is 23.7 Å². The fraction of sp³-hybridized carbons (Fsp3) is 0.425. The first-order chi connectivity index (χ1) is 25.0. The maximum atomic E-state index is 13.4. The first-order valence-corrected chi connectivity index (χ1v) is 18.1. The highest BCUT2D eigenvalue weighted by Gasteiger charge is 2.38. The van der Waals surface area contributed by atoms with E-state index in [-0.39, 0.29) is 35.7 Å². The van der Waals surface area contributed by atoms with Crippen LogP contribution in [0.15, 0.2) is 60.9 Å². The summed E-state index contributed by atoms with van der Waals surface area (Å²) in [5, 5.41) is 2.68. The van der Waals surface area contributed by atoms with Crippen LogP contribution in [0.25, 0.3) is 22.4 Å². The van der Waals surface area contributed by atoms with E-state index in [2.05, 4.69) is 73.5 Å². The second-order valence-electron chi connectivity index (χ2n) is 14.3. The highest BCUT2D eigenvalue weighted by Crippen LogP contribution is 2.34. The zero-order valence-corrected chi connectivity index (χ0v) is 30.5. The van der Waals surface area contributed by atoms with Crippen LogP contribution in [-0.4, -0.2) is 79.9 Å². The molecule has 0 unspecified atom stereocenters. The summed E-state index contributed by atoms with van der Waals surface area (Å²) in [4.78, 5) is 57.9. The normalized spacial score (nSPS) is 18.3. The number of hydrogen-bond acceptors (Lipinski definition) is 7. The number of carbonyl (C=O) groups is 3. The van der Waals surface area contributed by atoms with Gasteiger partial charge in [-0.2, -0.15) is 0 Å². The minimum atomic E-state index is -0.685. The molecule has 4 atom stereocenters. The number of benzene rings is 2. The van der Waals surface area contributed by atoms with E-state index in [1.165, 1.54) is 7.11 Å². The Morgan fingerprint density at radius 1 is 0.788 bits per heavy atom. The third kappa shape index (κ3) is 7.90. The molecule has 2 fully saturated rings. The molecule has 2 aromatic carbocycles. The molecule has 4 heterocycles. The molecule has 3 amide bonds. The van der Waals surface area contributed by atoms with Gasteiger partial charge in [0.2, 0.25) is 11.8 Å². The molecule has 0 spiro atoms. The van der Waals surface area contributed by atoms with Crippen molar-refractivity contribution in [3.8, 4) is 34.2 Å². The minimum Gasteiger partial charge on any atom is -0.453 e. The van der Waals surface area contributed by atoms with Crippen LogP contribution >= 0.6 is 0 Å². The first-order valence-electron chi connectivity index (χ1n) is 18.1. The smallest absolute Gasteiger partial charge is 0.407 e. The summed E-state index contributed by atoms with van der Waals surface area (Å²) >= 11 is 0. The molecule has 52 heavy (non-hydrogen) atoms. The van der Waals surface area contributed by atoms with Crippen LogP contribution in [0.3, 0.4) is 0 Å². The molecule has 2 aliphatic rings. The number of rotatable bonds is 9. The molecule has 2 aromatic heterocycles. The van der Waals surface area contributed by atoms with E-state index in [1.807, 2.05) is 50.9 Å². The fourth-order valence-electron chi connectivity index (χ4n) is 6.93. The maximum absolute atomic E-state index is 13.4. The quantitative estimate of drug-likeness (QED) is 0.166. The maximum Gasteiger partial charge on any atom is 0.407 e. The lowest BCUT2D eigenvalue weighted by Crippen LogP contribution is -2.51. The standard InChI is InChI=1S/C40H48N8O4/c1-24(2)34(41)38(49)47-20-6-9-33(47)37-43-23-31(45-37)29-17-15-28(16-18-29)27-13-10-26(11-14-27)12-19-30-22-42-36(44-30)32-8-7-21-48(32)39(50)35(25(3)4)46-40(51)52-5/h10-11,13-18,22-25,32-35H,6-9,20-21,41H2,1-5H3,(H,42,44)(H,43,45)(H,46,51)/t32-,33-,34-,35-/m0/s1. The van der Waals surface area contributed by atoms with Crippen molar-refractivity contribution >= 4 is 17.9 Å². The van der Waals surface area contributed by atoms with Crippen molar-refractivity contribution in [2.24, 2.45) is 17.6 Å². The van der Waals surface area contributed by atoms with E-state index in [0.717, 1.165) is 59.5 Å². The lowest BCUT2D eigenvalue weighted by atomic mass is 10.0. The molecule has 0 bridgehead atoms. The van der Waals surface area contributed by atoms with Gasteiger partial charge in [-0.15, -0.1) is 0 Å². The lowest BCUT2D eigenvalue weighted by Gasteiger charge is -2.29. The van der Waals surface area contributed by atoms with E-state index in [4.69, 9.17) is 10.5 Å². The van der Waals surface area contributed by atoms with Gasteiger partial charge in [0, 0.05) is 18.7 Å². The summed E-state index contributed by atoms with van der Waals surface area (Å²) in [5.74, 6) is 7.68. The Labute approximate surface area is 304 Å². The number of alkyl carbamates (subject to hydrolysis) is 1. The second kappa shape index (κ2) is 15.9. The van der Waals surface area contributed by atoms with Gasteiger partial charge in [-0.3, -0.25) is 9.59 Å². The molecule has 272 valence electrons. The number of amides is 3. The Balaban J connectivity index is 1.08. The molecule has 2 saturated heterocycles. The van der Waals surface area contributed by atoms with Crippen molar-refractivity contribution in [3.63, 3.8) is 0 Å². The molecule has 0 saturated carbocycles. The van der Waals surface area contributed by atoms with E-state index in [0.29, 0.717) is 24.6 Å². The van der Waals surface area contributed by atoms with Crippen molar-refractivity contribution in [2.75, 3.05) is 20.2 Å². The van der Waals surface area contributed by atoms with Gasteiger partial charge in [0.05, 0.1) is 43.3 Å². The van der Waals surface area contributed by atoms with Gasteiger partial charge in [-0.05, 0) is 72.3 Å². The number of nitrogens with zero attached hydrogens (tertiary/aromatic N) is 4. The topological polar surface area (TPSA) is 162 Å². The molecule has 4 aromatic rings. The minimum absolute atomic E-state index is 0.0129. The van der Waals surface area contributed by atoms with Crippen LogP contribution in [0.4, 0.5) is 4.79 Å². The lowest BCUT2D eigenvalue weighted by molar-refractivity contribution is -0.136. The van der Waals surface area contributed by atoms with Crippen LogP contribution in [-0.2, 0) is 14.3 Å². The van der Waals surface area contributed by atoms with Crippen LogP contribution in [0.2, 0.25) is 0 Å². The van der Waals surface area contributed by atoms with Gasteiger partial charge in [-0.1, -0.05) is 70.0 Å². The Morgan fingerprint density at radius 3 is 1.94 bits per heavy atom.